The molecule has 0 radical (unpaired) electrons. The van der Waals surface area contributed by atoms with Crippen LogP contribution in [-0.4, -0.2) is 12.4 Å². The molecule has 1 rings (SSSR count). The zero-order valence-electron chi connectivity index (χ0n) is 7.28. The van der Waals surface area contributed by atoms with Crippen molar-refractivity contribution in [3.63, 3.8) is 0 Å². The molecule has 1 atom stereocenters. The molecule has 0 spiro atoms. The summed E-state index contributed by atoms with van der Waals surface area (Å²) in [6, 6.07) is 7.63. The van der Waals surface area contributed by atoms with Gasteiger partial charge in [0.15, 0.2) is 12.4 Å². The zero-order chi connectivity index (χ0) is 8.97. The van der Waals surface area contributed by atoms with Crippen LogP contribution in [0.2, 0.25) is 0 Å². The second-order valence-electron chi connectivity index (χ2n) is 2.78. The highest BCUT2D eigenvalue weighted by Crippen LogP contribution is 2.13. The van der Waals surface area contributed by atoms with Crippen molar-refractivity contribution in [2.75, 3.05) is 0 Å². The fourth-order valence-electron chi connectivity index (χ4n) is 0.931. The molecule has 0 N–H and O–H groups in total. The molecule has 0 saturated carbocycles. The molecule has 0 aliphatic rings. The minimum atomic E-state index is -0.369. The lowest BCUT2D eigenvalue weighted by Gasteiger charge is -2.08. The average Bonchev–Trinajstić information content (AvgIpc) is 2.04. The van der Waals surface area contributed by atoms with Gasteiger partial charge in [-0.3, -0.25) is 4.79 Å². The molecular formula is C10H12O2. The third-order valence-corrected chi connectivity index (χ3v) is 1.50. The number of hydrogen-bond acceptors (Lipinski definition) is 2. The highest BCUT2D eigenvalue weighted by atomic mass is 16.5. The largest absolute Gasteiger partial charge is 0.483 e. The fraction of sp³-hybridized carbons (Fsp3) is 0.300. The molecule has 2 nitrogen and oxygen atoms in total. The standard InChI is InChI=1S/C10H12O2/c1-8-4-3-5-10(6-8)12-9(2)7-11/h3-7,9H,1-2H3. The summed E-state index contributed by atoms with van der Waals surface area (Å²) in [7, 11) is 0. The fourth-order valence-corrected chi connectivity index (χ4v) is 0.931. The first-order valence-corrected chi connectivity index (χ1v) is 3.91. The van der Waals surface area contributed by atoms with Gasteiger partial charge < -0.3 is 4.74 Å². The molecule has 0 bridgehead atoms. The Labute approximate surface area is 72.2 Å². The molecule has 12 heavy (non-hydrogen) atoms. The summed E-state index contributed by atoms with van der Waals surface area (Å²) in [5, 5.41) is 0. The van der Waals surface area contributed by atoms with Gasteiger partial charge in [0, 0.05) is 0 Å². The summed E-state index contributed by atoms with van der Waals surface area (Å²) in [6.45, 7) is 3.70. The second kappa shape index (κ2) is 3.90. The number of rotatable bonds is 3. The molecule has 0 aromatic heterocycles. The highest BCUT2D eigenvalue weighted by Gasteiger charge is 2.00. The molecule has 0 saturated heterocycles. The molecular weight excluding hydrogens is 152 g/mol. The SMILES string of the molecule is Cc1cccc(OC(C)C=O)c1. The molecule has 0 aliphatic carbocycles. The quantitative estimate of drug-likeness (QED) is 0.638. The zero-order valence-corrected chi connectivity index (χ0v) is 7.28. The molecule has 1 aromatic carbocycles. The van der Waals surface area contributed by atoms with Gasteiger partial charge in [-0.1, -0.05) is 12.1 Å². The number of aryl methyl sites for hydroxylation is 1. The Morgan fingerprint density at radius 1 is 1.50 bits per heavy atom. The van der Waals surface area contributed by atoms with Gasteiger partial charge in [0.1, 0.15) is 5.75 Å². The summed E-state index contributed by atoms with van der Waals surface area (Å²) in [5.41, 5.74) is 1.13. The van der Waals surface area contributed by atoms with Crippen molar-refractivity contribution in [1.82, 2.24) is 0 Å². The van der Waals surface area contributed by atoms with E-state index >= 15 is 0 Å². The van der Waals surface area contributed by atoms with E-state index in [1.807, 2.05) is 31.2 Å². The maximum Gasteiger partial charge on any atom is 0.160 e. The lowest BCUT2D eigenvalue weighted by Crippen LogP contribution is -2.12. The van der Waals surface area contributed by atoms with E-state index in [1.165, 1.54) is 0 Å². The van der Waals surface area contributed by atoms with E-state index in [0.29, 0.717) is 0 Å². The van der Waals surface area contributed by atoms with E-state index in [-0.39, 0.29) is 6.10 Å². The maximum absolute atomic E-state index is 10.3. The topological polar surface area (TPSA) is 26.3 Å². The summed E-state index contributed by atoms with van der Waals surface area (Å²) in [4.78, 5) is 10.3. The van der Waals surface area contributed by atoms with Crippen LogP contribution >= 0.6 is 0 Å². The van der Waals surface area contributed by atoms with Crippen molar-refractivity contribution in [3.8, 4) is 5.75 Å². The van der Waals surface area contributed by atoms with Crippen LogP contribution in [0.15, 0.2) is 24.3 Å². The van der Waals surface area contributed by atoms with Crippen LogP contribution in [0.1, 0.15) is 12.5 Å². The van der Waals surface area contributed by atoms with Crippen molar-refractivity contribution >= 4 is 6.29 Å². The molecule has 2 heteroatoms. The normalized spacial score (nSPS) is 12.2. The lowest BCUT2D eigenvalue weighted by molar-refractivity contribution is -0.113. The van der Waals surface area contributed by atoms with Crippen LogP contribution in [0.25, 0.3) is 0 Å². The number of ether oxygens (including phenoxy) is 1. The van der Waals surface area contributed by atoms with Crippen LogP contribution in [0, 0.1) is 6.92 Å². The maximum atomic E-state index is 10.3. The van der Waals surface area contributed by atoms with Crippen molar-refractivity contribution in [1.29, 1.82) is 0 Å². The van der Waals surface area contributed by atoms with Crippen LogP contribution in [-0.2, 0) is 4.79 Å². The predicted octanol–water partition coefficient (Wildman–Crippen LogP) is 1.96. The minimum absolute atomic E-state index is 0.369. The Morgan fingerprint density at radius 2 is 2.25 bits per heavy atom. The summed E-state index contributed by atoms with van der Waals surface area (Å²) in [5.74, 6) is 0.745. The van der Waals surface area contributed by atoms with Gasteiger partial charge in [0.05, 0.1) is 0 Å². The van der Waals surface area contributed by atoms with Gasteiger partial charge in [0.2, 0.25) is 0 Å². The van der Waals surface area contributed by atoms with Gasteiger partial charge in [-0.25, -0.2) is 0 Å². The Balaban J connectivity index is 2.69. The molecule has 1 aromatic rings. The van der Waals surface area contributed by atoms with Crippen molar-refractivity contribution in [2.24, 2.45) is 0 Å². The smallest absolute Gasteiger partial charge is 0.160 e. The van der Waals surface area contributed by atoms with E-state index in [2.05, 4.69) is 0 Å². The molecule has 0 heterocycles. The number of benzene rings is 1. The first kappa shape index (κ1) is 8.78. The third kappa shape index (κ3) is 2.38. The van der Waals surface area contributed by atoms with E-state index in [0.717, 1.165) is 17.6 Å². The Bertz CT molecular complexity index is 268. The third-order valence-electron chi connectivity index (χ3n) is 1.50. The molecule has 0 fully saturated rings. The van der Waals surface area contributed by atoms with Gasteiger partial charge in [-0.05, 0) is 31.5 Å². The second-order valence-corrected chi connectivity index (χ2v) is 2.78. The minimum Gasteiger partial charge on any atom is -0.483 e. The molecule has 64 valence electrons. The Hall–Kier alpha value is -1.31. The van der Waals surface area contributed by atoms with Gasteiger partial charge >= 0.3 is 0 Å². The van der Waals surface area contributed by atoms with E-state index in [9.17, 15) is 4.79 Å². The molecule has 0 aliphatic heterocycles. The predicted molar refractivity (Wildman–Crippen MR) is 47.3 cm³/mol. The van der Waals surface area contributed by atoms with Gasteiger partial charge in [0.25, 0.3) is 0 Å². The van der Waals surface area contributed by atoms with Crippen LogP contribution in [0.5, 0.6) is 5.75 Å². The van der Waals surface area contributed by atoms with Gasteiger partial charge in [-0.15, -0.1) is 0 Å². The number of carbonyl (C=O) groups excluding carboxylic acids is 1. The van der Waals surface area contributed by atoms with E-state index in [4.69, 9.17) is 4.74 Å². The van der Waals surface area contributed by atoms with E-state index < -0.39 is 0 Å². The average molecular weight is 164 g/mol. The number of carbonyl (C=O) groups is 1. The number of hydrogen-bond donors (Lipinski definition) is 0. The Kier molecular flexibility index (Phi) is 2.86. The summed E-state index contributed by atoms with van der Waals surface area (Å²) >= 11 is 0. The highest BCUT2D eigenvalue weighted by molar-refractivity contribution is 5.56. The molecule has 1 unspecified atom stereocenters. The van der Waals surface area contributed by atoms with Crippen molar-refractivity contribution in [2.45, 2.75) is 20.0 Å². The lowest BCUT2D eigenvalue weighted by atomic mass is 10.2. The number of aldehydes is 1. The van der Waals surface area contributed by atoms with E-state index in [1.54, 1.807) is 6.92 Å². The van der Waals surface area contributed by atoms with Gasteiger partial charge in [-0.2, -0.15) is 0 Å². The first-order chi connectivity index (χ1) is 5.72. The molecule has 0 amide bonds. The Morgan fingerprint density at radius 3 is 2.83 bits per heavy atom. The van der Waals surface area contributed by atoms with Crippen molar-refractivity contribution in [3.05, 3.63) is 29.8 Å². The van der Waals surface area contributed by atoms with Crippen LogP contribution in [0.4, 0.5) is 0 Å². The first-order valence-electron chi connectivity index (χ1n) is 3.91. The van der Waals surface area contributed by atoms with Crippen LogP contribution in [0.3, 0.4) is 0 Å². The summed E-state index contributed by atoms with van der Waals surface area (Å²) in [6.07, 6.45) is 0.411. The monoisotopic (exact) mass is 164 g/mol. The summed E-state index contributed by atoms with van der Waals surface area (Å²) < 4.78 is 5.28. The van der Waals surface area contributed by atoms with Crippen LogP contribution < -0.4 is 4.74 Å². The van der Waals surface area contributed by atoms with Crippen molar-refractivity contribution < 1.29 is 9.53 Å².